The van der Waals surface area contributed by atoms with Crippen LogP contribution < -0.4 is 9.47 Å². The van der Waals surface area contributed by atoms with Gasteiger partial charge >= 0.3 is 0 Å². The number of nitriles is 1. The predicted octanol–water partition coefficient (Wildman–Crippen LogP) is 2.85. The van der Waals surface area contributed by atoms with E-state index in [0.29, 0.717) is 17.4 Å². The van der Waals surface area contributed by atoms with Gasteiger partial charge in [0.05, 0.1) is 7.11 Å². The Bertz CT molecular complexity index is 410. The Labute approximate surface area is 99.9 Å². The van der Waals surface area contributed by atoms with Crippen molar-refractivity contribution in [3.05, 3.63) is 29.8 Å². The number of allylic oxidation sites excluding steroid dienone is 1. The van der Waals surface area contributed by atoms with Crippen molar-refractivity contribution in [2.24, 2.45) is 0 Å². The maximum Gasteiger partial charge on any atom is 0.174 e. The van der Waals surface area contributed by atoms with E-state index in [1.807, 2.05) is 30.4 Å². The summed E-state index contributed by atoms with van der Waals surface area (Å²) in [4.78, 5) is 0. The first-order chi connectivity index (χ1) is 7.81. The van der Waals surface area contributed by atoms with Crippen molar-refractivity contribution in [2.75, 3.05) is 19.6 Å². The molecule has 0 aromatic heterocycles. The largest absolute Gasteiger partial charge is 0.493 e. The van der Waals surface area contributed by atoms with Crippen molar-refractivity contribution in [1.29, 1.82) is 5.26 Å². The molecular formula is C12H12ClNO2. The molecule has 4 heteroatoms. The molecule has 0 bridgehead atoms. The number of hydrogen-bond acceptors (Lipinski definition) is 3. The second-order valence-electron chi connectivity index (χ2n) is 2.91. The minimum absolute atomic E-state index is 0.00717. The lowest BCUT2D eigenvalue weighted by Crippen LogP contribution is -1.96. The van der Waals surface area contributed by atoms with E-state index in [4.69, 9.17) is 26.3 Å². The third-order valence-corrected chi connectivity index (χ3v) is 2.06. The van der Waals surface area contributed by atoms with E-state index in [9.17, 15) is 0 Å². The average Bonchev–Trinajstić information content (AvgIpc) is 2.34. The molecule has 3 nitrogen and oxygen atoms in total. The van der Waals surface area contributed by atoms with Gasteiger partial charge in [0.15, 0.2) is 18.1 Å². The minimum Gasteiger partial charge on any atom is -0.493 e. The fraction of sp³-hybridized carbons (Fsp3) is 0.250. The Hall–Kier alpha value is -1.66. The van der Waals surface area contributed by atoms with Gasteiger partial charge in [0, 0.05) is 5.88 Å². The zero-order chi connectivity index (χ0) is 11.8. The van der Waals surface area contributed by atoms with Crippen molar-refractivity contribution >= 4 is 17.7 Å². The summed E-state index contributed by atoms with van der Waals surface area (Å²) >= 11 is 5.55. The Morgan fingerprint density at radius 1 is 1.44 bits per heavy atom. The van der Waals surface area contributed by atoms with Gasteiger partial charge < -0.3 is 9.47 Å². The van der Waals surface area contributed by atoms with Crippen molar-refractivity contribution in [1.82, 2.24) is 0 Å². The molecule has 0 heterocycles. The van der Waals surface area contributed by atoms with E-state index < -0.39 is 0 Å². The van der Waals surface area contributed by atoms with Gasteiger partial charge in [-0.05, 0) is 17.7 Å². The van der Waals surface area contributed by atoms with Crippen molar-refractivity contribution in [2.45, 2.75) is 0 Å². The zero-order valence-electron chi connectivity index (χ0n) is 8.94. The van der Waals surface area contributed by atoms with E-state index >= 15 is 0 Å². The molecule has 0 aliphatic rings. The lowest BCUT2D eigenvalue weighted by molar-refractivity contribution is 0.329. The summed E-state index contributed by atoms with van der Waals surface area (Å²) in [5.74, 6) is 1.63. The van der Waals surface area contributed by atoms with E-state index in [2.05, 4.69) is 0 Å². The van der Waals surface area contributed by atoms with Crippen molar-refractivity contribution in [3.8, 4) is 17.6 Å². The first kappa shape index (κ1) is 12.4. The highest BCUT2D eigenvalue weighted by Gasteiger charge is 2.03. The molecule has 0 N–H and O–H groups in total. The molecule has 0 radical (unpaired) electrons. The quantitative estimate of drug-likeness (QED) is 0.740. The first-order valence-corrected chi connectivity index (χ1v) is 5.25. The van der Waals surface area contributed by atoms with Crippen LogP contribution in [0.3, 0.4) is 0 Å². The number of ether oxygens (including phenoxy) is 2. The maximum atomic E-state index is 8.42. The molecule has 0 saturated heterocycles. The normalized spacial score (nSPS) is 10.1. The van der Waals surface area contributed by atoms with Crippen LogP contribution in [0.25, 0.3) is 6.08 Å². The minimum atomic E-state index is 0.00717. The smallest absolute Gasteiger partial charge is 0.174 e. The van der Waals surface area contributed by atoms with Crippen LogP contribution in [0.4, 0.5) is 0 Å². The number of nitrogens with zero attached hydrogens (tertiary/aromatic N) is 1. The predicted molar refractivity (Wildman–Crippen MR) is 63.9 cm³/mol. The standard InChI is InChI=1S/C12H12ClNO2/c1-15-12-9-10(3-2-6-13)4-5-11(12)16-8-7-14/h2-5,9H,6,8H2,1H3. The lowest BCUT2D eigenvalue weighted by Gasteiger charge is -2.08. The maximum absolute atomic E-state index is 8.42. The number of benzene rings is 1. The Morgan fingerprint density at radius 2 is 2.25 bits per heavy atom. The molecule has 0 aliphatic heterocycles. The lowest BCUT2D eigenvalue weighted by atomic mass is 10.2. The molecule has 0 unspecified atom stereocenters. The van der Waals surface area contributed by atoms with Gasteiger partial charge in [-0.3, -0.25) is 0 Å². The van der Waals surface area contributed by atoms with E-state index in [1.54, 1.807) is 13.2 Å². The molecule has 0 fully saturated rings. The summed E-state index contributed by atoms with van der Waals surface area (Å²) in [5, 5.41) is 8.42. The number of hydrogen-bond donors (Lipinski definition) is 0. The molecule has 0 saturated carbocycles. The molecule has 84 valence electrons. The Kier molecular flexibility index (Phi) is 5.24. The van der Waals surface area contributed by atoms with Crippen molar-refractivity contribution < 1.29 is 9.47 Å². The van der Waals surface area contributed by atoms with E-state index in [-0.39, 0.29) is 6.61 Å². The highest BCUT2D eigenvalue weighted by molar-refractivity contribution is 6.19. The molecule has 16 heavy (non-hydrogen) atoms. The SMILES string of the molecule is COc1cc(C=CCCl)ccc1OCC#N. The fourth-order valence-corrected chi connectivity index (χ4v) is 1.29. The van der Waals surface area contributed by atoms with Gasteiger partial charge in [0.2, 0.25) is 0 Å². The summed E-state index contributed by atoms with van der Waals surface area (Å²) in [6.07, 6.45) is 3.73. The van der Waals surface area contributed by atoms with Crippen LogP contribution in [-0.4, -0.2) is 19.6 Å². The van der Waals surface area contributed by atoms with Crippen LogP contribution in [0, 0.1) is 11.3 Å². The van der Waals surface area contributed by atoms with Crippen LogP contribution >= 0.6 is 11.6 Å². The third kappa shape index (κ3) is 3.48. The average molecular weight is 238 g/mol. The molecule has 1 aromatic carbocycles. The molecule has 0 aliphatic carbocycles. The number of halogens is 1. The van der Waals surface area contributed by atoms with Gasteiger partial charge in [0.25, 0.3) is 0 Å². The molecule has 0 spiro atoms. The van der Waals surface area contributed by atoms with Gasteiger partial charge in [0.1, 0.15) is 6.07 Å². The van der Waals surface area contributed by atoms with Gasteiger partial charge in [-0.15, -0.1) is 11.6 Å². The molecule has 0 amide bonds. The second kappa shape index (κ2) is 6.76. The summed E-state index contributed by atoms with van der Waals surface area (Å²) in [6, 6.07) is 7.38. The molecule has 1 aromatic rings. The Morgan fingerprint density at radius 3 is 2.88 bits per heavy atom. The zero-order valence-corrected chi connectivity index (χ0v) is 9.70. The van der Waals surface area contributed by atoms with Gasteiger partial charge in [-0.2, -0.15) is 5.26 Å². The Balaban J connectivity index is 2.89. The number of alkyl halides is 1. The highest BCUT2D eigenvalue weighted by Crippen LogP contribution is 2.28. The van der Waals surface area contributed by atoms with Crippen LogP contribution in [0.2, 0.25) is 0 Å². The number of rotatable bonds is 5. The topological polar surface area (TPSA) is 42.2 Å². The summed E-state index contributed by atoms with van der Waals surface area (Å²) < 4.78 is 10.4. The van der Waals surface area contributed by atoms with Crippen LogP contribution in [0.5, 0.6) is 11.5 Å². The molecule has 0 atom stereocenters. The third-order valence-electron chi connectivity index (χ3n) is 1.88. The highest BCUT2D eigenvalue weighted by atomic mass is 35.5. The van der Waals surface area contributed by atoms with Crippen LogP contribution in [0.1, 0.15) is 5.56 Å². The van der Waals surface area contributed by atoms with Crippen molar-refractivity contribution in [3.63, 3.8) is 0 Å². The fourth-order valence-electron chi connectivity index (χ4n) is 1.20. The van der Waals surface area contributed by atoms with Crippen LogP contribution in [-0.2, 0) is 0 Å². The van der Waals surface area contributed by atoms with E-state index in [1.165, 1.54) is 0 Å². The molecule has 1 rings (SSSR count). The van der Waals surface area contributed by atoms with E-state index in [0.717, 1.165) is 5.56 Å². The second-order valence-corrected chi connectivity index (χ2v) is 3.22. The summed E-state index contributed by atoms with van der Waals surface area (Å²) in [6.45, 7) is 0.00717. The first-order valence-electron chi connectivity index (χ1n) is 4.72. The van der Waals surface area contributed by atoms with Gasteiger partial charge in [-0.25, -0.2) is 0 Å². The molecular weight excluding hydrogens is 226 g/mol. The van der Waals surface area contributed by atoms with Crippen LogP contribution in [0.15, 0.2) is 24.3 Å². The monoisotopic (exact) mass is 237 g/mol. The summed E-state index contributed by atoms with van der Waals surface area (Å²) in [7, 11) is 1.56. The van der Waals surface area contributed by atoms with Gasteiger partial charge in [-0.1, -0.05) is 18.2 Å². The summed E-state index contributed by atoms with van der Waals surface area (Å²) in [5.41, 5.74) is 0.974. The number of methoxy groups -OCH3 is 1.